The maximum atomic E-state index is 9.90. The molecule has 0 radical (unpaired) electrons. The molecular formula is C10H20O2. The summed E-state index contributed by atoms with van der Waals surface area (Å²) in [6, 6.07) is 0. The molecule has 0 aromatic carbocycles. The van der Waals surface area contributed by atoms with Crippen LogP contribution in [-0.2, 0) is 0 Å². The number of aliphatic hydroxyl groups is 2. The summed E-state index contributed by atoms with van der Waals surface area (Å²) in [5.41, 5.74) is -0.546. The molecule has 0 aliphatic heterocycles. The first-order valence-corrected chi connectivity index (χ1v) is 4.79. The van der Waals surface area contributed by atoms with Gasteiger partial charge in [-0.25, -0.2) is 0 Å². The number of hydrogen-bond donors (Lipinski definition) is 2. The first-order valence-electron chi connectivity index (χ1n) is 4.79. The van der Waals surface area contributed by atoms with Crippen LogP contribution >= 0.6 is 0 Å². The van der Waals surface area contributed by atoms with Crippen molar-refractivity contribution in [2.45, 2.75) is 52.7 Å². The maximum Gasteiger partial charge on any atom is 0.0696 e. The topological polar surface area (TPSA) is 40.5 Å². The zero-order valence-electron chi connectivity index (χ0n) is 8.46. The minimum Gasteiger partial charge on any atom is -0.392 e. The predicted molar refractivity (Wildman–Crippen MR) is 48.8 cm³/mol. The standard InChI is InChI=1S/C10H20O2/c1-5-9(3)7(11)10(4,6-2)8(9)12/h7-8,11-12H,5-6H2,1-4H3. The Balaban J connectivity index is 2.81. The lowest BCUT2D eigenvalue weighted by Gasteiger charge is -2.62. The van der Waals surface area contributed by atoms with Gasteiger partial charge in [0, 0.05) is 10.8 Å². The SMILES string of the molecule is CCC1(C)C(O)C(C)(CC)C1O. The Hall–Kier alpha value is -0.0800. The third-order valence-electron chi connectivity index (χ3n) is 4.02. The van der Waals surface area contributed by atoms with Gasteiger partial charge in [-0.2, -0.15) is 0 Å². The summed E-state index contributed by atoms with van der Waals surface area (Å²) in [5, 5.41) is 19.8. The number of aliphatic hydroxyl groups excluding tert-OH is 2. The zero-order chi connectivity index (χ0) is 9.57. The van der Waals surface area contributed by atoms with Gasteiger partial charge in [-0.05, 0) is 12.8 Å². The third kappa shape index (κ3) is 0.882. The summed E-state index contributed by atoms with van der Waals surface area (Å²) in [6.45, 7) is 7.95. The van der Waals surface area contributed by atoms with Gasteiger partial charge >= 0.3 is 0 Å². The normalized spacial score (nSPS) is 53.5. The number of hydrogen-bond acceptors (Lipinski definition) is 2. The van der Waals surface area contributed by atoms with Crippen LogP contribution in [-0.4, -0.2) is 22.4 Å². The fourth-order valence-electron chi connectivity index (χ4n) is 2.48. The Labute approximate surface area is 74.6 Å². The highest BCUT2D eigenvalue weighted by atomic mass is 16.3. The van der Waals surface area contributed by atoms with Gasteiger partial charge < -0.3 is 10.2 Å². The van der Waals surface area contributed by atoms with Crippen molar-refractivity contribution in [3.05, 3.63) is 0 Å². The van der Waals surface area contributed by atoms with Gasteiger partial charge in [0.1, 0.15) is 0 Å². The molecule has 1 saturated carbocycles. The zero-order valence-corrected chi connectivity index (χ0v) is 8.46. The van der Waals surface area contributed by atoms with E-state index in [1.54, 1.807) is 0 Å². The molecule has 0 spiro atoms. The molecular weight excluding hydrogens is 152 g/mol. The second-order valence-electron chi connectivity index (χ2n) is 4.52. The van der Waals surface area contributed by atoms with Crippen LogP contribution in [0, 0.1) is 10.8 Å². The van der Waals surface area contributed by atoms with Crippen LogP contribution in [0.4, 0.5) is 0 Å². The van der Waals surface area contributed by atoms with E-state index in [9.17, 15) is 10.2 Å². The lowest BCUT2D eigenvalue weighted by Crippen LogP contribution is -2.69. The maximum absolute atomic E-state index is 9.90. The van der Waals surface area contributed by atoms with Crippen molar-refractivity contribution >= 4 is 0 Å². The van der Waals surface area contributed by atoms with Crippen LogP contribution in [0.3, 0.4) is 0 Å². The molecule has 2 N–H and O–H groups in total. The molecule has 1 fully saturated rings. The van der Waals surface area contributed by atoms with E-state index in [-0.39, 0.29) is 23.0 Å². The quantitative estimate of drug-likeness (QED) is 0.663. The van der Waals surface area contributed by atoms with E-state index in [0.717, 1.165) is 12.8 Å². The van der Waals surface area contributed by atoms with E-state index in [0.29, 0.717) is 0 Å². The van der Waals surface area contributed by atoms with Crippen LogP contribution in [0.5, 0.6) is 0 Å². The molecule has 0 heterocycles. The van der Waals surface area contributed by atoms with E-state index < -0.39 is 0 Å². The Kier molecular flexibility index (Phi) is 2.26. The molecule has 0 unspecified atom stereocenters. The van der Waals surface area contributed by atoms with Gasteiger partial charge in [0.2, 0.25) is 0 Å². The summed E-state index contributed by atoms with van der Waals surface area (Å²) in [4.78, 5) is 0. The monoisotopic (exact) mass is 172 g/mol. The summed E-state index contributed by atoms with van der Waals surface area (Å²) in [6.07, 6.45) is 0.973. The fraction of sp³-hybridized carbons (Fsp3) is 1.00. The Morgan fingerprint density at radius 1 is 0.917 bits per heavy atom. The van der Waals surface area contributed by atoms with E-state index in [1.807, 2.05) is 27.7 Å². The average molecular weight is 172 g/mol. The van der Waals surface area contributed by atoms with Crippen LogP contribution in [0.15, 0.2) is 0 Å². The van der Waals surface area contributed by atoms with Crippen molar-refractivity contribution in [2.24, 2.45) is 10.8 Å². The lowest BCUT2D eigenvalue weighted by molar-refractivity contribution is -0.265. The van der Waals surface area contributed by atoms with Crippen LogP contribution in [0.2, 0.25) is 0 Å². The van der Waals surface area contributed by atoms with Crippen molar-refractivity contribution in [1.82, 2.24) is 0 Å². The Morgan fingerprint density at radius 3 is 1.33 bits per heavy atom. The first kappa shape index (κ1) is 10.0. The average Bonchev–Trinajstić information content (AvgIpc) is 2.13. The van der Waals surface area contributed by atoms with E-state index >= 15 is 0 Å². The van der Waals surface area contributed by atoms with Crippen molar-refractivity contribution in [3.63, 3.8) is 0 Å². The highest BCUT2D eigenvalue weighted by molar-refractivity contribution is 5.12. The summed E-state index contributed by atoms with van der Waals surface area (Å²) < 4.78 is 0. The fourth-order valence-corrected chi connectivity index (χ4v) is 2.48. The molecule has 0 aromatic rings. The second kappa shape index (κ2) is 2.71. The molecule has 0 aromatic heterocycles. The smallest absolute Gasteiger partial charge is 0.0696 e. The molecule has 0 saturated heterocycles. The largest absolute Gasteiger partial charge is 0.392 e. The molecule has 72 valence electrons. The molecule has 1 aliphatic carbocycles. The first-order chi connectivity index (χ1) is 5.43. The molecule has 0 amide bonds. The summed E-state index contributed by atoms with van der Waals surface area (Å²) >= 11 is 0. The van der Waals surface area contributed by atoms with Gasteiger partial charge in [-0.15, -0.1) is 0 Å². The molecule has 0 atom stereocenters. The van der Waals surface area contributed by atoms with Gasteiger partial charge in [0.25, 0.3) is 0 Å². The lowest BCUT2D eigenvalue weighted by atomic mass is 9.47. The molecule has 2 nitrogen and oxygen atoms in total. The minimum absolute atomic E-state index is 0.273. The van der Waals surface area contributed by atoms with Crippen molar-refractivity contribution in [1.29, 1.82) is 0 Å². The van der Waals surface area contributed by atoms with Crippen molar-refractivity contribution in [2.75, 3.05) is 0 Å². The Bertz CT molecular complexity index is 149. The molecule has 1 rings (SSSR count). The van der Waals surface area contributed by atoms with E-state index in [4.69, 9.17) is 0 Å². The van der Waals surface area contributed by atoms with E-state index in [1.165, 1.54) is 0 Å². The van der Waals surface area contributed by atoms with E-state index in [2.05, 4.69) is 0 Å². The van der Waals surface area contributed by atoms with Crippen LogP contribution in [0.1, 0.15) is 40.5 Å². The van der Waals surface area contributed by atoms with Crippen LogP contribution < -0.4 is 0 Å². The molecule has 1 aliphatic rings. The van der Waals surface area contributed by atoms with Gasteiger partial charge in [-0.1, -0.05) is 27.7 Å². The second-order valence-corrected chi connectivity index (χ2v) is 4.52. The Morgan fingerprint density at radius 2 is 1.17 bits per heavy atom. The highest BCUT2D eigenvalue weighted by Gasteiger charge is 2.63. The highest BCUT2D eigenvalue weighted by Crippen LogP contribution is 2.57. The number of rotatable bonds is 2. The van der Waals surface area contributed by atoms with Crippen LogP contribution in [0.25, 0.3) is 0 Å². The van der Waals surface area contributed by atoms with Gasteiger partial charge in [0.15, 0.2) is 0 Å². The van der Waals surface area contributed by atoms with Gasteiger partial charge in [-0.3, -0.25) is 0 Å². The predicted octanol–water partition coefficient (Wildman–Crippen LogP) is 1.55. The third-order valence-corrected chi connectivity index (χ3v) is 4.02. The van der Waals surface area contributed by atoms with Crippen molar-refractivity contribution in [3.8, 4) is 0 Å². The van der Waals surface area contributed by atoms with Gasteiger partial charge in [0.05, 0.1) is 12.2 Å². The summed E-state index contributed by atoms with van der Waals surface area (Å²) in [7, 11) is 0. The molecule has 12 heavy (non-hydrogen) atoms. The molecule has 2 heteroatoms. The minimum atomic E-state index is -0.352. The van der Waals surface area contributed by atoms with Crippen molar-refractivity contribution < 1.29 is 10.2 Å². The molecule has 0 bridgehead atoms. The summed E-state index contributed by atoms with van der Waals surface area (Å²) in [5.74, 6) is 0.